The summed E-state index contributed by atoms with van der Waals surface area (Å²) in [5, 5.41) is 0. The monoisotopic (exact) mass is 311 g/mol. The maximum atomic E-state index is 11.9. The molecule has 21 heavy (non-hydrogen) atoms. The van der Waals surface area contributed by atoms with Gasteiger partial charge in [0.15, 0.2) is 15.6 Å². The van der Waals surface area contributed by atoms with Crippen LogP contribution in [0.5, 0.6) is 5.75 Å². The molecule has 1 aromatic carbocycles. The number of rotatable bonds is 5. The topological polar surface area (TPSA) is 80.8 Å². The fraction of sp³-hybridized carbons (Fsp3) is 0.286. The number of carbonyl (C=O) groups is 2. The Kier molecular flexibility index (Phi) is 5.26. The van der Waals surface area contributed by atoms with E-state index in [1.807, 2.05) is 0 Å². The minimum atomic E-state index is -3.56. The van der Waals surface area contributed by atoms with Crippen LogP contribution >= 0.6 is 0 Å². The standard InChI is InChI=1S/C14H17NO5S/c1-10(16)20-13-9-11(12(17)7-8-15(2)3)5-6-14(13)21(4,18)19/h5-9H,1-4H3/b8-7+. The second kappa shape index (κ2) is 6.53. The number of esters is 1. The second-order valence-corrected chi connectivity index (χ2v) is 6.66. The van der Waals surface area contributed by atoms with Crippen LogP contribution in [0.1, 0.15) is 17.3 Å². The van der Waals surface area contributed by atoms with E-state index in [4.69, 9.17) is 4.74 Å². The lowest BCUT2D eigenvalue weighted by Crippen LogP contribution is -2.09. The average molecular weight is 311 g/mol. The van der Waals surface area contributed by atoms with E-state index in [1.165, 1.54) is 24.3 Å². The number of ketones is 1. The Bertz CT molecular complexity index is 689. The van der Waals surface area contributed by atoms with Gasteiger partial charge in [0.05, 0.1) is 0 Å². The molecule has 0 atom stereocenters. The number of carbonyl (C=O) groups excluding carboxylic acids is 2. The molecule has 0 radical (unpaired) electrons. The van der Waals surface area contributed by atoms with Crippen molar-refractivity contribution in [3.63, 3.8) is 0 Å². The largest absolute Gasteiger partial charge is 0.425 e. The molecule has 0 fully saturated rings. The van der Waals surface area contributed by atoms with E-state index in [9.17, 15) is 18.0 Å². The summed E-state index contributed by atoms with van der Waals surface area (Å²) in [5.41, 5.74) is 0.233. The number of hydrogen-bond acceptors (Lipinski definition) is 6. The van der Waals surface area contributed by atoms with E-state index in [0.29, 0.717) is 0 Å². The van der Waals surface area contributed by atoms with Gasteiger partial charge in [0.1, 0.15) is 10.6 Å². The lowest BCUT2D eigenvalue weighted by Gasteiger charge is -2.09. The first-order valence-corrected chi connectivity index (χ1v) is 7.92. The molecule has 0 amide bonds. The second-order valence-electron chi connectivity index (χ2n) is 4.67. The van der Waals surface area contributed by atoms with Gasteiger partial charge in [-0.1, -0.05) is 0 Å². The summed E-state index contributed by atoms with van der Waals surface area (Å²) in [6, 6.07) is 3.89. The summed E-state index contributed by atoms with van der Waals surface area (Å²) >= 11 is 0. The molecule has 0 aromatic heterocycles. The van der Waals surface area contributed by atoms with Crippen molar-refractivity contribution in [2.75, 3.05) is 20.4 Å². The highest BCUT2D eigenvalue weighted by atomic mass is 32.2. The number of hydrogen-bond donors (Lipinski definition) is 0. The van der Waals surface area contributed by atoms with Gasteiger partial charge in [-0.25, -0.2) is 8.42 Å². The maximum absolute atomic E-state index is 11.9. The molecule has 0 bridgehead atoms. The maximum Gasteiger partial charge on any atom is 0.308 e. The SMILES string of the molecule is CC(=O)Oc1cc(C(=O)/C=C/N(C)C)ccc1S(C)(=O)=O. The van der Waals surface area contributed by atoms with Crippen LogP contribution in [0, 0.1) is 0 Å². The van der Waals surface area contributed by atoms with Crippen LogP contribution < -0.4 is 4.74 Å². The molecule has 0 saturated heterocycles. The molecule has 0 N–H and O–H groups in total. The quantitative estimate of drug-likeness (QED) is 0.352. The Balaban J connectivity index is 3.28. The van der Waals surface area contributed by atoms with E-state index in [0.717, 1.165) is 13.2 Å². The summed E-state index contributed by atoms with van der Waals surface area (Å²) in [6.07, 6.45) is 3.91. The summed E-state index contributed by atoms with van der Waals surface area (Å²) in [4.78, 5) is 24.6. The highest BCUT2D eigenvalue weighted by Crippen LogP contribution is 2.26. The lowest BCUT2D eigenvalue weighted by atomic mass is 10.1. The highest BCUT2D eigenvalue weighted by molar-refractivity contribution is 7.90. The van der Waals surface area contributed by atoms with Crippen molar-refractivity contribution in [3.05, 3.63) is 36.0 Å². The first-order chi connectivity index (χ1) is 9.61. The first-order valence-electron chi connectivity index (χ1n) is 6.02. The number of benzene rings is 1. The number of ether oxygens (including phenoxy) is 1. The molecule has 1 aromatic rings. The van der Waals surface area contributed by atoms with Crippen LogP contribution in [0.15, 0.2) is 35.4 Å². The summed E-state index contributed by atoms with van der Waals surface area (Å²) < 4.78 is 28.2. The van der Waals surface area contributed by atoms with Crippen molar-refractivity contribution >= 4 is 21.6 Å². The Morgan fingerprint density at radius 1 is 1.24 bits per heavy atom. The Morgan fingerprint density at radius 2 is 1.86 bits per heavy atom. The van der Waals surface area contributed by atoms with Crippen molar-refractivity contribution in [1.29, 1.82) is 0 Å². The zero-order valence-electron chi connectivity index (χ0n) is 12.3. The fourth-order valence-corrected chi connectivity index (χ4v) is 2.30. The highest BCUT2D eigenvalue weighted by Gasteiger charge is 2.18. The van der Waals surface area contributed by atoms with Gasteiger partial charge in [0, 0.05) is 45.1 Å². The van der Waals surface area contributed by atoms with Gasteiger partial charge in [0.2, 0.25) is 0 Å². The zero-order chi connectivity index (χ0) is 16.2. The van der Waals surface area contributed by atoms with Crippen molar-refractivity contribution in [1.82, 2.24) is 4.90 Å². The third-order valence-electron chi connectivity index (χ3n) is 2.41. The van der Waals surface area contributed by atoms with Crippen LogP contribution in [0.4, 0.5) is 0 Å². The van der Waals surface area contributed by atoms with E-state index in [-0.39, 0.29) is 22.0 Å². The Hall–Kier alpha value is -2.15. The minimum Gasteiger partial charge on any atom is -0.425 e. The van der Waals surface area contributed by atoms with E-state index in [2.05, 4.69) is 0 Å². The smallest absolute Gasteiger partial charge is 0.308 e. The van der Waals surface area contributed by atoms with E-state index in [1.54, 1.807) is 25.2 Å². The molecule has 0 aliphatic heterocycles. The lowest BCUT2D eigenvalue weighted by molar-refractivity contribution is -0.132. The Labute approximate surface area is 123 Å². The third kappa shape index (κ3) is 5.03. The normalized spacial score (nSPS) is 11.4. The zero-order valence-corrected chi connectivity index (χ0v) is 13.1. The van der Waals surface area contributed by atoms with Crippen LogP contribution in [0.3, 0.4) is 0 Å². The molecular weight excluding hydrogens is 294 g/mol. The van der Waals surface area contributed by atoms with Gasteiger partial charge in [-0.15, -0.1) is 0 Å². The van der Waals surface area contributed by atoms with Crippen LogP contribution in [-0.4, -0.2) is 45.4 Å². The van der Waals surface area contributed by atoms with Gasteiger partial charge >= 0.3 is 5.97 Å². The van der Waals surface area contributed by atoms with Gasteiger partial charge in [-0.2, -0.15) is 0 Å². The van der Waals surface area contributed by atoms with Gasteiger partial charge in [0.25, 0.3) is 0 Å². The van der Waals surface area contributed by atoms with E-state index < -0.39 is 15.8 Å². The average Bonchev–Trinajstić information content (AvgIpc) is 2.33. The molecule has 0 heterocycles. The number of sulfone groups is 1. The van der Waals surface area contributed by atoms with Crippen molar-refractivity contribution in [3.8, 4) is 5.75 Å². The molecular formula is C14H17NO5S. The van der Waals surface area contributed by atoms with Gasteiger partial charge in [-0.3, -0.25) is 9.59 Å². The predicted molar refractivity (Wildman–Crippen MR) is 78.0 cm³/mol. The molecule has 1 rings (SSSR count). The number of allylic oxidation sites excluding steroid dienone is 1. The van der Waals surface area contributed by atoms with Gasteiger partial charge < -0.3 is 9.64 Å². The minimum absolute atomic E-state index is 0.133. The molecule has 0 spiro atoms. The summed E-state index contributed by atoms with van der Waals surface area (Å²) in [7, 11) is -0.0326. The van der Waals surface area contributed by atoms with E-state index >= 15 is 0 Å². The molecule has 0 saturated carbocycles. The molecule has 0 aliphatic rings. The molecule has 0 aliphatic carbocycles. The van der Waals surface area contributed by atoms with Crippen molar-refractivity contribution in [2.24, 2.45) is 0 Å². The molecule has 0 unspecified atom stereocenters. The molecule has 7 heteroatoms. The Morgan fingerprint density at radius 3 is 2.33 bits per heavy atom. The fourth-order valence-electron chi connectivity index (χ4n) is 1.52. The number of nitrogens with zero attached hydrogens (tertiary/aromatic N) is 1. The van der Waals surface area contributed by atoms with Crippen LogP contribution in [0.2, 0.25) is 0 Å². The first kappa shape index (κ1) is 16.9. The summed E-state index contributed by atoms with van der Waals surface area (Å²) in [6.45, 7) is 1.16. The van der Waals surface area contributed by atoms with Crippen molar-refractivity contribution < 1.29 is 22.7 Å². The van der Waals surface area contributed by atoms with Crippen LogP contribution in [0.25, 0.3) is 0 Å². The molecule has 6 nitrogen and oxygen atoms in total. The third-order valence-corrected chi connectivity index (χ3v) is 3.54. The van der Waals surface area contributed by atoms with Gasteiger partial charge in [-0.05, 0) is 18.2 Å². The van der Waals surface area contributed by atoms with Crippen LogP contribution in [-0.2, 0) is 14.6 Å². The predicted octanol–water partition coefficient (Wildman–Crippen LogP) is 1.27. The summed E-state index contributed by atoms with van der Waals surface area (Å²) in [5.74, 6) is -1.13. The molecule has 114 valence electrons. The van der Waals surface area contributed by atoms with Crippen molar-refractivity contribution in [2.45, 2.75) is 11.8 Å².